The number of alkyl halides is 6. The molecule has 0 unspecified atom stereocenters. The summed E-state index contributed by atoms with van der Waals surface area (Å²) in [7, 11) is 0. The lowest BCUT2D eigenvalue weighted by Gasteiger charge is -2.16. The zero-order chi connectivity index (χ0) is 24.9. The smallest absolute Gasteiger partial charge is 0.433 e. The lowest BCUT2D eigenvalue weighted by Crippen LogP contribution is -2.45. The summed E-state index contributed by atoms with van der Waals surface area (Å²) in [6, 6.07) is 1.39. The number of aromatic nitrogens is 3. The number of halogens is 9. The molecular formula is C17H7Cl2F7N4O3. The van der Waals surface area contributed by atoms with Crippen molar-refractivity contribution in [2.45, 2.75) is 12.4 Å². The first-order chi connectivity index (χ1) is 15.1. The van der Waals surface area contributed by atoms with Crippen LogP contribution in [0.15, 0.2) is 40.1 Å². The molecule has 16 heteroatoms. The largest absolute Gasteiger partial charge is 0.437 e. The number of nitrogens with zero attached hydrogens (tertiary/aromatic N) is 3. The third-order valence-corrected chi connectivity index (χ3v) is 4.50. The highest BCUT2D eigenvalue weighted by molar-refractivity contribution is 6.32. The molecule has 0 aliphatic heterocycles. The van der Waals surface area contributed by atoms with Gasteiger partial charge in [0.1, 0.15) is 17.1 Å². The van der Waals surface area contributed by atoms with Gasteiger partial charge in [0.05, 0.1) is 15.7 Å². The highest BCUT2D eigenvalue weighted by Crippen LogP contribution is 2.40. The molecule has 0 saturated carbocycles. The fourth-order valence-corrected chi connectivity index (χ4v) is 2.93. The molecule has 0 spiro atoms. The van der Waals surface area contributed by atoms with E-state index in [0.717, 1.165) is 6.20 Å². The van der Waals surface area contributed by atoms with E-state index < -0.39 is 67.7 Å². The Morgan fingerprint density at radius 3 is 2.18 bits per heavy atom. The summed E-state index contributed by atoms with van der Waals surface area (Å²) in [6.45, 7) is 0. The van der Waals surface area contributed by atoms with Crippen LogP contribution >= 0.6 is 23.2 Å². The minimum atomic E-state index is -5.19. The van der Waals surface area contributed by atoms with Crippen molar-refractivity contribution in [2.75, 3.05) is 5.84 Å². The van der Waals surface area contributed by atoms with E-state index in [4.69, 9.17) is 33.8 Å². The maximum Gasteiger partial charge on any atom is 0.433 e. The lowest BCUT2D eigenvalue weighted by atomic mass is 10.2. The molecule has 33 heavy (non-hydrogen) atoms. The zero-order valence-corrected chi connectivity index (χ0v) is 16.9. The topological polar surface area (TPSA) is 92.1 Å². The van der Waals surface area contributed by atoms with Crippen LogP contribution < -0.4 is 21.8 Å². The first-order valence-electron chi connectivity index (χ1n) is 8.22. The molecule has 2 aromatic heterocycles. The van der Waals surface area contributed by atoms with Crippen LogP contribution in [-0.4, -0.2) is 14.2 Å². The molecule has 3 rings (SSSR count). The maximum atomic E-state index is 14.5. The molecule has 3 aromatic rings. The minimum Gasteiger partial charge on any atom is -0.437 e. The van der Waals surface area contributed by atoms with Crippen molar-refractivity contribution >= 4 is 23.2 Å². The number of rotatable bonds is 3. The molecule has 2 heterocycles. The van der Waals surface area contributed by atoms with E-state index in [1.807, 2.05) is 0 Å². The van der Waals surface area contributed by atoms with Gasteiger partial charge in [-0.15, -0.1) is 0 Å². The second-order valence-corrected chi connectivity index (χ2v) is 7.04. The summed E-state index contributed by atoms with van der Waals surface area (Å²) in [6.07, 6.45) is -9.37. The molecule has 0 radical (unpaired) electrons. The number of ether oxygens (including phenoxy) is 1. The van der Waals surface area contributed by atoms with Crippen molar-refractivity contribution in [3.05, 3.63) is 78.4 Å². The first-order valence-corrected chi connectivity index (χ1v) is 8.98. The Morgan fingerprint density at radius 1 is 0.970 bits per heavy atom. The Hall–Kier alpha value is -3.26. The Labute approximate surface area is 187 Å². The van der Waals surface area contributed by atoms with Gasteiger partial charge in [-0.2, -0.15) is 26.3 Å². The van der Waals surface area contributed by atoms with Crippen LogP contribution in [0.1, 0.15) is 11.3 Å². The number of benzene rings is 1. The second kappa shape index (κ2) is 8.26. The highest BCUT2D eigenvalue weighted by atomic mass is 35.5. The molecule has 0 bridgehead atoms. The van der Waals surface area contributed by atoms with Crippen LogP contribution in [0.5, 0.6) is 11.6 Å². The lowest BCUT2D eigenvalue weighted by molar-refractivity contribution is -0.143. The predicted octanol–water partition coefficient (Wildman–Crippen LogP) is 4.38. The molecule has 0 aliphatic rings. The predicted molar refractivity (Wildman–Crippen MR) is 101 cm³/mol. The summed E-state index contributed by atoms with van der Waals surface area (Å²) >= 11 is 11.3. The van der Waals surface area contributed by atoms with E-state index >= 15 is 0 Å². The summed E-state index contributed by atoms with van der Waals surface area (Å²) in [5, 5.41) is -1.01. The van der Waals surface area contributed by atoms with Crippen LogP contribution in [0.3, 0.4) is 0 Å². The highest BCUT2D eigenvalue weighted by Gasteiger charge is 2.37. The van der Waals surface area contributed by atoms with E-state index in [2.05, 4.69) is 4.98 Å². The van der Waals surface area contributed by atoms with Gasteiger partial charge in [-0.1, -0.05) is 23.2 Å². The first kappa shape index (κ1) is 24.4. The third-order valence-electron chi connectivity index (χ3n) is 4.00. The molecule has 0 atom stereocenters. The summed E-state index contributed by atoms with van der Waals surface area (Å²) in [5.41, 5.74) is -7.70. The summed E-state index contributed by atoms with van der Waals surface area (Å²) in [4.78, 5) is 27.8. The van der Waals surface area contributed by atoms with Gasteiger partial charge in [-0.3, -0.25) is 4.79 Å². The Kier molecular flexibility index (Phi) is 6.10. The molecule has 0 aliphatic carbocycles. The molecule has 0 amide bonds. The molecule has 176 valence electrons. The normalized spacial score (nSPS) is 12.2. The number of hydrogen-bond acceptors (Lipinski definition) is 5. The number of nitrogen functional groups attached to an aromatic ring is 1. The van der Waals surface area contributed by atoms with Crippen LogP contribution in [0.4, 0.5) is 30.7 Å². The fraction of sp³-hybridized carbons (Fsp3) is 0.118. The van der Waals surface area contributed by atoms with Gasteiger partial charge >= 0.3 is 18.0 Å². The SMILES string of the molecule is Nn1c(C(F)(F)F)cc(=O)n(-c2cc(Oc3ncc(Cl)cc3C(F)(F)F)c(Cl)cc2F)c1=O. The van der Waals surface area contributed by atoms with Crippen molar-refractivity contribution in [2.24, 2.45) is 0 Å². The third kappa shape index (κ3) is 4.75. The van der Waals surface area contributed by atoms with E-state index in [-0.39, 0.29) is 15.7 Å². The van der Waals surface area contributed by atoms with Crippen molar-refractivity contribution in [1.29, 1.82) is 0 Å². The molecular weight excluding hydrogens is 512 g/mol. The molecule has 2 N–H and O–H groups in total. The van der Waals surface area contributed by atoms with Crippen molar-refractivity contribution in [1.82, 2.24) is 14.2 Å². The van der Waals surface area contributed by atoms with Gasteiger partial charge in [0.2, 0.25) is 5.88 Å². The fourth-order valence-electron chi connectivity index (χ4n) is 2.58. The molecule has 0 fully saturated rings. The quantitative estimate of drug-likeness (QED) is 0.410. The van der Waals surface area contributed by atoms with Crippen LogP contribution in [-0.2, 0) is 12.4 Å². The van der Waals surface area contributed by atoms with E-state index in [9.17, 15) is 40.3 Å². The zero-order valence-electron chi connectivity index (χ0n) is 15.4. The number of nitrogens with two attached hydrogens (primary N) is 1. The van der Waals surface area contributed by atoms with E-state index in [1.54, 1.807) is 0 Å². The summed E-state index contributed by atoms with van der Waals surface area (Å²) in [5.74, 6) is 1.91. The van der Waals surface area contributed by atoms with Crippen molar-refractivity contribution in [3.8, 4) is 17.3 Å². The van der Waals surface area contributed by atoms with E-state index in [0.29, 0.717) is 18.2 Å². The molecule has 0 saturated heterocycles. The van der Waals surface area contributed by atoms with Crippen molar-refractivity contribution in [3.63, 3.8) is 0 Å². The van der Waals surface area contributed by atoms with Crippen LogP contribution in [0, 0.1) is 5.82 Å². The summed E-state index contributed by atoms with van der Waals surface area (Å²) < 4.78 is 97.5. The van der Waals surface area contributed by atoms with Gasteiger partial charge in [0.15, 0.2) is 5.69 Å². The van der Waals surface area contributed by atoms with Gasteiger partial charge in [-0.25, -0.2) is 23.4 Å². The van der Waals surface area contributed by atoms with Gasteiger partial charge in [0.25, 0.3) is 5.56 Å². The Morgan fingerprint density at radius 2 is 1.61 bits per heavy atom. The number of pyridine rings is 1. The molecule has 7 nitrogen and oxygen atoms in total. The second-order valence-electron chi connectivity index (χ2n) is 6.19. The van der Waals surface area contributed by atoms with Gasteiger partial charge < -0.3 is 10.6 Å². The standard InChI is InChI=1S/C17H7Cl2F7N4O3/c18-6-1-7(16(21,22)23)14(28-5-6)33-11-3-10(9(20)2-8(11)19)29-13(31)4-12(17(24,25)26)30(27)15(29)32/h1-5H,27H2. The van der Waals surface area contributed by atoms with Crippen LogP contribution in [0.25, 0.3) is 5.69 Å². The van der Waals surface area contributed by atoms with Gasteiger partial charge in [-0.05, 0) is 12.1 Å². The average molecular weight is 519 g/mol. The average Bonchev–Trinajstić information content (AvgIpc) is 2.67. The minimum absolute atomic E-state index is 0.0709. The number of hydrogen-bond donors (Lipinski definition) is 1. The monoisotopic (exact) mass is 518 g/mol. The Balaban J connectivity index is 2.21. The maximum absolute atomic E-state index is 14.5. The molecule has 1 aromatic carbocycles. The van der Waals surface area contributed by atoms with Gasteiger partial charge in [0, 0.05) is 18.3 Å². The van der Waals surface area contributed by atoms with E-state index in [1.165, 1.54) is 0 Å². The van der Waals surface area contributed by atoms with Crippen LogP contribution in [0.2, 0.25) is 10.0 Å². The van der Waals surface area contributed by atoms with Crippen molar-refractivity contribution < 1.29 is 35.5 Å². The Bertz CT molecular complexity index is 1370.